The minimum absolute atomic E-state index is 0.0422. The van der Waals surface area contributed by atoms with Crippen LogP contribution in [0.1, 0.15) is 53.7 Å². The first-order chi connectivity index (χ1) is 14.3. The van der Waals surface area contributed by atoms with Crippen LogP contribution in [0.15, 0.2) is 43.0 Å². The number of carbonyl (C=O) groups excluding carboxylic acids is 1. The molecule has 0 saturated heterocycles. The number of carbonyl (C=O) groups is 1. The van der Waals surface area contributed by atoms with Gasteiger partial charge in [-0.05, 0) is 53.8 Å². The lowest BCUT2D eigenvalue weighted by Gasteiger charge is -2.18. The van der Waals surface area contributed by atoms with Crippen LogP contribution in [0.2, 0.25) is 0 Å². The zero-order chi connectivity index (χ0) is 21.5. The number of hydrogen-bond acceptors (Lipinski definition) is 3. The topological polar surface area (TPSA) is 35.5 Å². The molecule has 3 nitrogen and oxygen atoms in total. The Morgan fingerprint density at radius 3 is 2.80 bits per heavy atom. The van der Waals surface area contributed by atoms with Gasteiger partial charge in [-0.2, -0.15) is 13.2 Å². The number of ketones is 1. The molecule has 1 aliphatic heterocycles. The van der Waals surface area contributed by atoms with E-state index in [4.69, 9.17) is 9.47 Å². The van der Waals surface area contributed by atoms with Gasteiger partial charge >= 0.3 is 6.18 Å². The highest BCUT2D eigenvalue weighted by Gasteiger charge is 2.36. The number of hydrogen-bond donors (Lipinski definition) is 0. The molecule has 0 N–H and O–H groups in total. The molecule has 0 amide bonds. The van der Waals surface area contributed by atoms with Gasteiger partial charge in [0.2, 0.25) is 0 Å². The van der Waals surface area contributed by atoms with Crippen LogP contribution in [-0.4, -0.2) is 12.4 Å². The standard InChI is InChI=1S/C24H21F3O3/c1-3-15(28)11-14-13-29-23-12-16(5-6-18(14)23)30-22-10-8-19-17(4-2)21(24(25,26)27)9-7-20(19)22/h4-7,9,11-12,22H,2-3,8,10,13H2,1H3. The summed E-state index contributed by atoms with van der Waals surface area (Å²) in [6, 6.07) is 8.02. The van der Waals surface area contributed by atoms with Crippen molar-refractivity contribution in [2.24, 2.45) is 0 Å². The van der Waals surface area contributed by atoms with Crippen LogP contribution in [0, 0.1) is 0 Å². The number of halogens is 3. The highest BCUT2D eigenvalue weighted by atomic mass is 19.4. The van der Waals surface area contributed by atoms with E-state index in [2.05, 4.69) is 6.58 Å². The number of rotatable bonds is 5. The first-order valence-electron chi connectivity index (χ1n) is 9.84. The Hall–Kier alpha value is -3.02. The molecule has 156 valence electrons. The Morgan fingerprint density at radius 2 is 2.10 bits per heavy atom. The van der Waals surface area contributed by atoms with E-state index in [1.807, 2.05) is 13.0 Å². The maximum Gasteiger partial charge on any atom is 0.416 e. The zero-order valence-corrected chi connectivity index (χ0v) is 16.5. The minimum atomic E-state index is -4.42. The molecule has 1 heterocycles. The lowest BCUT2D eigenvalue weighted by molar-refractivity contribution is -0.137. The fraction of sp³-hybridized carbons (Fsp3) is 0.292. The highest BCUT2D eigenvalue weighted by Crippen LogP contribution is 2.43. The molecular weight excluding hydrogens is 393 g/mol. The summed E-state index contributed by atoms with van der Waals surface area (Å²) in [7, 11) is 0. The van der Waals surface area contributed by atoms with Crippen molar-refractivity contribution in [2.75, 3.05) is 6.61 Å². The molecular formula is C24H21F3O3. The second-order valence-corrected chi connectivity index (χ2v) is 7.38. The van der Waals surface area contributed by atoms with Gasteiger partial charge in [-0.1, -0.05) is 25.6 Å². The monoisotopic (exact) mass is 414 g/mol. The van der Waals surface area contributed by atoms with E-state index in [0.717, 1.165) is 22.8 Å². The largest absolute Gasteiger partial charge is 0.488 e. The van der Waals surface area contributed by atoms with Crippen LogP contribution in [-0.2, 0) is 17.4 Å². The van der Waals surface area contributed by atoms with Gasteiger partial charge < -0.3 is 9.47 Å². The summed E-state index contributed by atoms with van der Waals surface area (Å²) >= 11 is 0. The Labute approximate surface area is 172 Å². The Morgan fingerprint density at radius 1 is 1.30 bits per heavy atom. The first-order valence-corrected chi connectivity index (χ1v) is 9.84. The molecule has 0 radical (unpaired) electrons. The fourth-order valence-electron chi connectivity index (χ4n) is 4.07. The van der Waals surface area contributed by atoms with Crippen LogP contribution in [0.25, 0.3) is 11.6 Å². The Balaban J connectivity index is 1.59. The van der Waals surface area contributed by atoms with E-state index in [9.17, 15) is 18.0 Å². The van der Waals surface area contributed by atoms with Crippen LogP contribution < -0.4 is 9.47 Å². The molecule has 0 aromatic heterocycles. The van der Waals surface area contributed by atoms with Crippen molar-refractivity contribution in [3.8, 4) is 11.5 Å². The Kier molecular flexibility index (Phi) is 5.18. The van der Waals surface area contributed by atoms with Crippen molar-refractivity contribution in [2.45, 2.75) is 38.5 Å². The maximum atomic E-state index is 13.3. The van der Waals surface area contributed by atoms with E-state index in [0.29, 0.717) is 42.9 Å². The summed E-state index contributed by atoms with van der Waals surface area (Å²) in [5, 5.41) is 0. The average Bonchev–Trinajstić information content (AvgIpc) is 3.30. The lowest BCUT2D eigenvalue weighted by Crippen LogP contribution is -2.10. The normalized spacial score (nSPS) is 18.7. The molecule has 2 aromatic rings. The number of alkyl halides is 3. The second kappa shape index (κ2) is 7.67. The molecule has 6 heteroatoms. The van der Waals surface area contributed by atoms with E-state index in [1.165, 1.54) is 12.1 Å². The van der Waals surface area contributed by atoms with Gasteiger partial charge in [0.05, 0.1) is 5.56 Å². The molecule has 0 fully saturated rings. The van der Waals surface area contributed by atoms with E-state index in [-0.39, 0.29) is 17.5 Å². The van der Waals surface area contributed by atoms with Crippen molar-refractivity contribution in [3.05, 3.63) is 70.8 Å². The van der Waals surface area contributed by atoms with Gasteiger partial charge in [0.1, 0.15) is 24.2 Å². The fourth-order valence-corrected chi connectivity index (χ4v) is 4.07. The summed E-state index contributed by atoms with van der Waals surface area (Å²) in [5.74, 6) is 1.26. The molecule has 1 unspecified atom stereocenters. The smallest absolute Gasteiger partial charge is 0.416 e. The van der Waals surface area contributed by atoms with Crippen molar-refractivity contribution in [1.82, 2.24) is 0 Å². The van der Waals surface area contributed by atoms with Crippen molar-refractivity contribution < 1.29 is 27.4 Å². The van der Waals surface area contributed by atoms with Gasteiger partial charge in [-0.3, -0.25) is 4.79 Å². The van der Waals surface area contributed by atoms with Crippen molar-refractivity contribution in [1.29, 1.82) is 0 Å². The van der Waals surface area contributed by atoms with Crippen LogP contribution in [0.4, 0.5) is 13.2 Å². The number of benzene rings is 2. The SMILES string of the molecule is C=Cc1c(C(F)(F)F)ccc2c1CCC2Oc1ccc2c(c1)OCC2=CC(=O)CC. The van der Waals surface area contributed by atoms with Gasteiger partial charge in [0.15, 0.2) is 5.78 Å². The summed E-state index contributed by atoms with van der Waals surface area (Å²) < 4.78 is 51.7. The van der Waals surface area contributed by atoms with Gasteiger partial charge in [0.25, 0.3) is 0 Å². The third-order valence-electron chi connectivity index (χ3n) is 5.55. The molecule has 2 aromatic carbocycles. The highest BCUT2D eigenvalue weighted by molar-refractivity contribution is 5.98. The third-order valence-corrected chi connectivity index (χ3v) is 5.55. The van der Waals surface area contributed by atoms with Crippen molar-refractivity contribution in [3.63, 3.8) is 0 Å². The molecule has 1 aliphatic carbocycles. The van der Waals surface area contributed by atoms with Crippen molar-refractivity contribution >= 4 is 17.4 Å². The van der Waals surface area contributed by atoms with Crippen LogP contribution in [0.3, 0.4) is 0 Å². The summed E-state index contributed by atoms with van der Waals surface area (Å²) in [5.41, 5.74) is 2.58. The van der Waals surface area contributed by atoms with Crippen LogP contribution >= 0.6 is 0 Å². The van der Waals surface area contributed by atoms with Gasteiger partial charge in [-0.25, -0.2) is 0 Å². The molecule has 2 aliphatic rings. The number of allylic oxidation sites excluding steroid dienone is 1. The predicted octanol–water partition coefficient (Wildman–Crippen LogP) is 6.17. The molecule has 0 bridgehead atoms. The first kappa shape index (κ1) is 20.3. The molecule has 0 saturated carbocycles. The summed E-state index contributed by atoms with van der Waals surface area (Å²) in [6.45, 7) is 5.72. The van der Waals surface area contributed by atoms with E-state index in [1.54, 1.807) is 18.2 Å². The second-order valence-electron chi connectivity index (χ2n) is 7.38. The van der Waals surface area contributed by atoms with E-state index < -0.39 is 11.7 Å². The number of ether oxygens (including phenoxy) is 2. The minimum Gasteiger partial charge on any atom is -0.488 e. The average molecular weight is 414 g/mol. The van der Waals surface area contributed by atoms with Gasteiger partial charge in [-0.15, -0.1) is 0 Å². The lowest BCUT2D eigenvalue weighted by atomic mass is 9.97. The maximum absolute atomic E-state index is 13.3. The summed E-state index contributed by atoms with van der Waals surface area (Å²) in [6.07, 6.45) is -0.349. The molecule has 1 atom stereocenters. The quantitative estimate of drug-likeness (QED) is 0.549. The zero-order valence-electron chi connectivity index (χ0n) is 16.5. The van der Waals surface area contributed by atoms with Gasteiger partial charge in [0, 0.05) is 23.6 Å². The van der Waals surface area contributed by atoms with E-state index >= 15 is 0 Å². The third kappa shape index (κ3) is 3.62. The van der Waals surface area contributed by atoms with Crippen LogP contribution in [0.5, 0.6) is 11.5 Å². The molecule has 0 spiro atoms. The summed E-state index contributed by atoms with van der Waals surface area (Å²) in [4.78, 5) is 11.7. The molecule has 30 heavy (non-hydrogen) atoms. The Bertz CT molecular complexity index is 1050. The number of fused-ring (bicyclic) bond motifs is 2. The molecule has 4 rings (SSSR count). The predicted molar refractivity (Wildman–Crippen MR) is 108 cm³/mol.